The zero-order chi connectivity index (χ0) is 7.72. The van der Waals surface area contributed by atoms with Crippen molar-refractivity contribution in [2.45, 2.75) is 0 Å². The summed E-state index contributed by atoms with van der Waals surface area (Å²) < 4.78 is 0.290. The number of aromatic nitrogens is 2. The standard InChI is InChI=1S/C4H5ClN4O/c5-2-1-3(6)8-4(7)9(2)10/h1H,(H4,6,7,8). The summed E-state index contributed by atoms with van der Waals surface area (Å²) in [5, 5.41) is 10.6. The molecule has 0 aliphatic heterocycles. The molecule has 10 heavy (non-hydrogen) atoms. The van der Waals surface area contributed by atoms with Gasteiger partial charge in [-0.2, -0.15) is 0 Å². The summed E-state index contributed by atoms with van der Waals surface area (Å²) >= 11 is 5.37. The van der Waals surface area contributed by atoms with Gasteiger partial charge in [-0.25, -0.2) is 4.73 Å². The zero-order valence-corrected chi connectivity index (χ0v) is 5.67. The third-order valence-corrected chi connectivity index (χ3v) is 1.18. The molecule has 0 aliphatic carbocycles. The van der Waals surface area contributed by atoms with Crippen molar-refractivity contribution in [2.24, 2.45) is 0 Å². The molecule has 1 rings (SSSR count). The molecule has 0 radical (unpaired) electrons. The first-order chi connectivity index (χ1) is 4.61. The van der Waals surface area contributed by atoms with E-state index < -0.39 is 0 Å². The van der Waals surface area contributed by atoms with Gasteiger partial charge in [0.1, 0.15) is 0 Å². The first kappa shape index (κ1) is 6.88. The number of nitrogens with zero attached hydrogens (tertiary/aromatic N) is 2. The number of rotatable bonds is 0. The van der Waals surface area contributed by atoms with E-state index in [2.05, 4.69) is 4.98 Å². The molecule has 0 bridgehead atoms. The number of nitrogen functional groups attached to an aromatic ring is 2. The van der Waals surface area contributed by atoms with Crippen molar-refractivity contribution in [2.75, 3.05) is 11.5 Å². The second-order valence-electron chi connectivity index (χ2n) is 1.66. The van der Waals surface area contributed by atoms with Crippen molar-refractivity contribution >= 4 is 23.4 Å². The molecule has 0 unspecified atom stereocenters. The van der Waals surface area contributed by atoms with E-state index >= 15 is 0 Å². The van der Waals surface area contributed by atoms with Gasteiger partial charge in [0, 0.05) is 6.07 Å². The van der Waals surface area contributed by atoms with Gasteiger partial charge in [-0.15, -0.1) is 0 Å². The minimum atomic E-state index is -0.245. The van der Waals surface area contributed by atoms with Crippen LogP contribution in [-0.4, -0.2) is 4.98 Å². The SMILES string of the molecule is Nc1cc(Cl)[n+]([O-])c(N)n1. The van der Waals surface area contributed by atoms with Crippen LogP contribution in [0.3, 0.4) is 0 Å². The van der Waals surface area contributed by atoms with Gasteiger partial charge in [0.15, 0.2) is 5.15 Å². The Hall–Kier alpha value is -1.23. The van der Waals surface area contributed by atoms with Gasteiger partial charge in [-0.05, 0) is 11.6 Å². The Labute approximate surface area is 61.8 Å². The first-order valence-corrected chi connectivity index (χ1v) is 2.80. The highest BCUT2D eigenvalue weighted by Gasteiger charge is 2.05. The van der Waals surface area contributed by atoms with Gasteiger partial charge in [-0.3, -0.25) is 5.73 Å². The van der Waals surface area contributed by atoms with Crippen LogP contribution in [0.2, 0.25) is 5.15 Å². The summed E-state index contributed by atoms with van der Waals surface area (Å²) in [6.07, 6.45) is 0. The molecule has 0 atom stereocenters. The van der Waals surface area contributed by atoms with E-state index in [-0.39, 0.29) is 21.6 Å². The van der Waals surface area contributed by atoms with Crippen LogP contribution in [0.4, 0.5) is 11.8 Å². The maximum absolute atomic E-state index is 10.7. The smallest absolute Gasteiger partial charge is 0.393 e. The molecule has 5 nitrogen and oxygen atoms in total. The fourth-order valence-corrected chi connectivity index (χ4v) is 0.698. The van der Waals surface area contributed by atoms with Gasteiger partial charge >= 0.3 is 5.95 Å². The molecule has 0 fully saturated rings. The maximum Gasteiger partial charge on any atom is 0.393 e. The summed E-state index contributed by atoms with van der Waals surface area (Å²) in [5.41, 5.74) is 10.3. The molecule has 0 aliphatic rings. The predicted molar refractivity (Wildman–Crippen MR) is 37.0 cm³/mol. The molecule has 0 aromatic carbocycles. The lowest BCUT2D eigenvalue weighted by Crippen LogP contribution is -2.33. The lowest BCUT2D eigenvalue weighted by atomic mass is 10.6. The van der Waals surface area contributed by atoms with E-state index in [1.165, 1.54) is 6.07 Å². The van der Waals surface area contributed by atoms with Gasteiger partial charge in [0.05, 0.1) is 0 Å². The van der Waals surface area contributed by atoms with Crippen LogP contribution in [0.15, 0.2) is 6.07 Å². The van der Waals surface area contributed by atoms with Crippen molar-refractivity contribution in [1.29, 1.82) is 0 Å². The highest BCUT2D eigenvalue weighted by atomic mass is 35.5. The van der Waals surface area contributed by atoms with E-state index in [4.69, 9.17) is 23.1 Å². The number of anilines is 2. The van der Waals surface area contributed by atoms with E-state index in [0.717, 1.165) is 0 Å². The molecular weight excluding hydrogens is 156 g/mol. The van der Waals surface area contributed by atoms with Crippen LogP contribution in [0.1, 0.15) is 0 Å². The number of halogens is 1. The summed E-state index contributed by atoms with van der Waals surface area (Å²) in [4.78, 5) is 3.46. The Balaban J connectivity index is 3.31. The van der Waals surface area contributed by atoms with E-state index in [1.54, 1.807) is 0 Å². The molecule has 0 saturated carbocycles. The molecule has 0 spiro atoms. The number of hydrogen-bond donors (Lipinski definition) is 2. The highest BCUT2D eigenvalue weighted by Crippen LogP contribution is 2.06. The van der Waals surface area contributed by atoms with Gasteiger partial charge < -0.3 is 10.9 Å². The lowest BCUT2D eigenvalue weighted by Gasteiger charge is -2.05. The van der Waals surface area contributed by atoms with Crippen LogP contribution in [0, 0.1) is 5.21 Å². The van der Waals surface area contributed by atoms with E-state index in [1.807, 2.05) is 0 Å². The Kier molecular flexibility index (Phi) is 1.50. The Bertz CT molecular complexity index is 240. The summed E-state index contributed by atoms with van der Waals surface area (Å²) in [7, 11) is 0. The van der Waals surface area contributed by atoms with Crippen LogP contribution in [0.5, 0.6) is 0 Å². The lowest BCUT2D eigenvalue weighted by molar-refractivity contribution is -0.590. The fraction of sp³-hybridized carbons (Fsp3) is 0. The Morgan fingerprint density at radius 1 is 1.60 bits per heavy atom. The second-order valence-corrected chi connectivity index (χ2v) is 2.04. The van der Waals surface area contributed by atoms with Crippen molar-refractivity contribution in [3.05, 3.63) is 16.4 Å². The quantitative estimate of drug-likeness (QED) is 0.305. The summed E-state index contributed by atoms with van der Waals surface area (Å²) in [5.74, 6) is -0.111. The topological polar surface area (TPSA) is 91.9 Å². The predicted octanol–water partition coefficient (Wildman–Crippen LogP) is -0.467. The minimum absolute atomic E-state index is 0.0787. The van der Waals surface area contributed by atoms with Crippen LogP contribution in [-0.2, 0) is 0 Å². The third-order valence-electron chi connectivity index (χ3n) is 0.913. The monoisotopic (exact) mass is 160 g/mol. The van der Waals surface area contributed by atoms with Crippen molar-refractivity contribution in [3.63, 3.8) is 0 Å². The second kappa shape index (κ2) is 2.18. The largest absolute Gasteiger partial charge is 0.739 e. The van der Waals surface area contributed by atoms with Crippen LogP contribution < -0.4 is 16.2 Å². The van der Waals surface area contributed by atoms with E-state index in [0.29, 0.717) is 0 Å². The average molecular weight is 161 g/mol. The summed E-state index contributed by atoms with van der Waals surface area (Å²) in [6.45, 7) is 0. The summed E-state index contributed by atoms with van der Waals surface area (Å²) in [6, 6.07) is 1.23. The number of hydrogen-bond acceptors (Lipinski definition) is 4. The van der Waals surface area contributed by atoms with Crippen molar-refractivity contribution in [1.82, 2.24) is 4.98 Å². The van der Waals surface area contributed by atoms with Gasteiger partial charge in [0.2, 0.25) is 5.82 Å². The van der Waals surface area contributed by atoms with Crippen LogP contribution >= 0.6 is 11.6 Å². The van der Waals surface area contributed by atoms with E-state index in [9.17, 15) is 5.21 Å². The molecule has 54 valence electrons. The zero-order valence-electron chi connectivity index (χ0n) is 4.91. The molecule has 1 aromatic rings. The van der Waals surface area contributed by atoms with Crippen LogP contribution in [0.25, 0.3) is 0 Å². The minimum Gasteiger partial charge on any atom is -0.739 e. The molecule has 0 amide bonds. The number of nitrogens with two attached hydrogens (primary N) is 2. The van der Waals surface area contributed by atoms with Crippen molar-refractivity contribution in [3.8, 4) is 0 Å². The van der Waals surface area contributed by atoms with Gasteiger partial charge in [0.25, 0.3) is 0 Å². The fourth-order valence-electron chi connectivity index (χ4n) is 0.500. The average Bonchev–Trinajstić information content (AvgIpc) is 1.82. The molecule has 4 N–H and O–H groups in total. The molecular formula is C4H5ClN4O. The first-order valence-electron chi connectivity index (χ1n) is 2.42. The normalized spacial score (nSPS) is 9.70. The Morgan fingerprint density at radius 3 is 2.70 bits per heavy atom. The molecule has 1 aromatic heterocycles. The third kappa shape index (κ3) is 1.03. The van der Waals surface area contributed by atoms with Gasteiger partial charge in [-0.1, -0.05) is 4.98 Å². The van der Waals surface area contributed by atoms with Crippen molar-refractivity contribution < 1.29 is 4.73 Å². The molecule has 0 saturated heterocycles. The Morgan fingerprint density at radius 2 is 2.20 bits per heavy atom. The molecule has 1 heterocycles. The highest BCUT2D eigenvalue weighted by molar-refractivity contribution is 6.28. The molecule has 6 heteroatoms. The maximum atomic E-state index is 10.7.